The maximum absolute atomic E-state index is 12.6. The van der Waals surface area contributed by atoms with Gasteiger partial charge in [0.05, 0.1) is 28.5 Å². The molecule has 0 aliphatic heterocycles. The van der Waals surface area contributed by atoms with E-state index in [1.165, 1.54) is 11.8 Å². The number of aryl methyl sites for hydroxylation is 1. The maximum Gasteiger partial charge on any atom is 0.234 e. The Morgan fingerprint density at radius 1 is 1.07 bits per heavy atom. The minimum Gasteiger partial charge on any atom is -0.322 e. The number of nitrogens with one attached hydrogen (secondary N) is 1. The summed E-state index contributed by atoms with van der Waals surface area (Å²) >= 11 is 4.84. The van der Waals surface area contributed by atoms with E-state index in [9.17, 15) is 4.79 Å². The van der Waals surface area contributed by atoms with Gasteiger partial charge >= 0.3 is 0 Å². The second kappa shape index (κ2) is 8.89. The molecule has 2 aromatic heterocycles. The van der Waals surface area contributed by atoms with Gasteiger partial charge in [0.15, 0.2) is 5.16 Å². The van der Waals surface area contributed by atoms with E-state index in [0.717, 1.165) is 38.1 Å². The van der Waals surface area contributed by atoms with Gasteiger partial charge in [-0.05, 0) is 50.2 Å². The standard InChI is InChI=1S/C22H20BrN5OS/c1-15-21(16(2)28(26-15)19-6-4-3-5-7-19)25-20(29)14-30-22-24-12-13-27(22)18-10-8-17(23)9-11-18/h3-13H,14H2,1-2H3,(H,25,29). The largest absolute Gasteiger partial charge is 0.322 e. The van der Waals surface area contributed by atoms with Crippen LogP contribution in [-0.4, -0.2) is 31.0 Å². The van der Waals surface area contributed by atoms with Crippen molar-refractivity contribution in [2.45, 2.75) is 19.0 Å². The first-order valence-electron chi connectivity index (χ1n) is 9.36. The van der Waals surface area contributed by atoms with Crippen molar-refractivity contribution in [1.29, 1.82) is 0 Å². The molecule has 0 spiro atoms. The summed E-state index contributed by atoms with van der Waals surface area (Å²) in [5.41, 5.74) is 4.39. The smallest absolute Gasteiger partial charge is 0.234 e. The number of carbonyl (C=O) groups is 1. The summed E-state index contributed by atoms with van der Waals surface area (Å²) in [6, 6.07) is 17.8. The number of para-hydroxylation sites is 1. The molecule has 30 heavy (non-hydrogen) atoms. The lowest BCUT2D eigenvalue weighted by Gasteiger charge is -2.09. The van der Waals surface area contributed by atoms with Gasteiger partial charge < -0.3 is 5.32 Å². The van der Waals surface area contributed by atoms with Crippen LogP contribution in [0, 0.1) is 13.8 Å². The van der Waals surface area contributed by atoms with Crippen LogP contribution in [0.1, 0.15) is 11.4 Å². The van der Waals surface area contributed by atoms with Gasteiger partial charge in [-0.2, -0.15) is 5.10 Å². The molecule has 2 aromatic carbocycles. The Bertz CT molecular complexity index is 1170. The molecule has 1 N–H and O–H groups in total. The molecule has 0 fully saturated rings. The number of hydrogen-bond acceptors (Lipinski definition) is 4. The quantitative estimate of drug-likeness (QED) is 0.386. The van der Waals surface area contributed by atoms with E-state index in [0.29, 0.717) is 0 Å². The lowest BCUT2D eigenvalue weighted by molar-refractivity contribution is -0.113. The zero-order valence-electron chi connectivity index (χ0n) is 16.5. The first-order valence-corrected chi connectivity index (χ1v) is 11.1. The van der Waals surface area contributed by atoms with Gasteiger partial charge in [-0.1, -0.05) is 45.9 Å². The molecule has 8 heteroatoms. The highest BCUT2D eigenvalue weighted by atomic mass is 79.9. The van der Waals surface area contributed by atoms with Crippen molar-refractivity contribution in [3.63, 3.8) is 0 Å². The zero-order chi connectivity index (χ0) is 21.1. The van der Waals surface area contributed by atoms with Gasteiger partial charge in [0.25, 0.3) is 0 Å². The minimum atomic E-state index is -0.0934. The highest BCUT2D eigenvalue weighted by molar-refractivity contribution is 9.10. The van der Waals surface area contributed by atoms with Gasteiger partial charge in [0, 0.05) is 22.6 Å². The number of aromatic nitrogens is 4. The predicted molar refractivity (Wildman–Crippen MR) is 124 cm³/mol. The van der Waals surface area contributed by atoms with Gasteiger partial charge in [0.2, 0.25) is 5.91 Å². The number of rotatable bonds is 6. The Hall–Kier alpha value is -2.84. The molecule has 1 amide bonds. The minimum absolute atomic E-state index is 0.0934. The van der Waals surface area contributed by atoms with Crippen LogP contribution in [0.2, 0.25) is 0 Å². The molecule has 0 bridgehead atoms. The van der Waals surface area contributed by atoms with Crippen LogP contribution in [0.3, 0.4) is 0 Å². The van der Waals surface area contributed by atoms with Crippen molar-refractivity contribution in [1.82, 2.24) is 19.3 Å². The number of carbonyl (C=O) groups excluding carboxylic acids is 1. The molecule has 0 saturated carbocycles. The van der Waals surface area contributed by atoms with E-state index in [-0.39, 0.29) is 11.7 Å². The Labute approximate surface area is 187 Å². The van der Waals surface area contributed by atoms with E-state index in [2.05, 4.69) is 31.3 Å². The molecule has 0 atom stereocenters. The van der Waals surface area contributed by atoms with Crippen molar-refractivity contribution < 1.29 is 4.79 Å². The number of amides is 1. The fourth-order valence-corrected chi connectivity index (χ4v) is 4.18. The van der Waals surface area contributed by atoms with E-state index in [4.69, 9.17) is 0 Å². The fraction of sp³-hybridized carbons (Fsp3) is 0.136. The monoisotopic (exact) mass is 481 g/mol. The van der Waals surface area contributed by atoms with Crippen LogP contribution in [0.25, 0.3) is 11.4 Å². The summed E-state index contributed by atoms with van der Waals surface area (Å²) in [4.78, 5) is 17.0. The molecule has 4 aromatic rings. The summed E-state index contributed by atoms with van der Waals surface area (Å²) in [5, 5.41) is 8.36. The molecule has 0 saturated heterocycles. The van der Waals surface area contributed by atoms with E-state index in [1.54, 1.807) is 6.20 Å². The van der Waals surface area contributed by atoms with Crippen LogP contribution in [-0.2, 0) is 4.79 Å². The molecular formula is C22H20BrN5OS. The van der Waals surface area contributed by atoms with E-state index in [1.807, 2.05) is 83.9 Å². The van der Waals surface area contributed by atoms with Gasteiger partial charge in [0.1, 0.15) is 0 Å². The highest BCUT2D eigenvalue weighted by Gasteiger charge is 2.16. The fourth-order valence-electron chi connectivity index (χ4n) is 3.14. The third-order valence-electron chi connectivity index (χ3n) is 4.60. The topological polar surface area (TPSA) is 64.7 Å². The first kappa shape index (κ1) is 20.4. The molecule has 0 unspecified atom stereocenters. The van der Waals surface area contributed by atoms with Crippen molar-refractivity contribution in [3.05, 3.63) is 82.9 Å². The summed E-state index contributed by atoms with van der Waals surface area (Å²) < 4.78 is 4.83. The summed E-state index contributed by atoms with van der Waals surface area (Å²) in [7, 11) is 0. The highest BCUT2D eigenvalue weighted by Crippen LogP contribution is 2.25. The second-order valence-corrected chi connectivity index (χ2v) is 8.54. The van der Waals surface area contributed by atoms with Gasteiger partial charge in [-0.3, -0.25) is 9.36 Å². The average molecular weight is 482 g/mol. The predicted octanol–water partition coefficient (Wildman–Crippen LogP) is 5.17. The van der Waals surface area contributed by atoms with Gasteiger partial charge in [-0.15, -0.1) is 0 Å². The number of halogens is 1. The number of thioether (sulfide) groups is 1. The van der Waals surface area contributed by atoms with Gasteiger partial charge in [-0.25, -0.2) is 9.67 Å². The van der Waals surface area contributed by atoms with Crippen molar-refractivity contribution in [2.24, 2.45) is 0 Å². The number of hydrogen-bond donors (Lipinski definition) is 1. The third kappa shape index (κ3) is 4.34. The Morgan fingerprint density at radius 3 is 2.53 bits per heavy atom. The molecule has 6 nitrogen and oxygen atoms in total. The van der Waals surface area contributed by atoms with E-state index >= 15 is 0 Å². The summed E-state index contributed by atoms with van der Waals surface area (Å²) in [6.07, 6.45) is 3.63. The van der Waals surface area contributed by atoms with Crippen LogP contribution >= 0.6 is 27.7 Å². The summed E-state index contributed by atoms with van der Waals surface area (Å²) in [6.45, 7) is 3.85. The molecule has 4 rings (SSSR count). The van der Waals surface area contributed by atoms with Crippen molar-refractivity contribution in [2.75, 3.05) is 11.1 Å². The SMILES string of the molecule is Cc1nn(-c2ccccc2)c(C)c1NC(=O)CSc1nccn1-c1ccc(Br)cc1. The second-order valence-electron chi connectivity index (χ2n) is 6.69. The number of benzene rings is 2. The first-order chi connectivity index (χ1) is 14.5. The average Bonchev–Trinajstić information content (AvgIpc) is 3.33. The summed E-state index contributed by atoms with van der Waals surface area (Å²) in [5.74, 6) is 0.160. The lowest BCUT2D eigenvalue weighted by atomic mass is 10.3. The Morgan fingerprint density at radius 2 is 1.80 bits per heavy atom. The molecule has 2 heterocycles. The van der Waals surface area contributed by atoms with Crippen LogP contribution in [0.4, 0.5) is 5.69 Å². The van der Waals surface area contributed by atoms with Crippen LogP contribution < -0.4 is 5.32 Å². The van der Waals surface area contributed by atoms with Crippen LogP contribution in [0.15, 0.2) is 76.6 Å². The Balaban J connectivity index is 1.45. The van der Waals surface area contributed by atoms with Crippen molar-refractivity contribution in [3.8, 4) is 11.4 Å². The molecule has 152 valence electrons. The number of anilines is 1. The van der Waals surface area contributed by atoms with E-state index < -0.39 is 0 Å². The number of imidazole rings is 1. The lowest BCUT2D eigenvalue weighted by Crippen LogP contribution is -2.15. The zero-order valence-corrected chi connectivity index (χ0v) is 18.9. The Kier molecular flexibility index (Phi) is 6.06. The maximum atomic E-state index is 12.6. The number of nitrogens with zero attached hydrogens (tertiary/aromatic N) is 4. The molecular weight excluding hydrogens is 462 g/mol. The normalized spacial score (nSPS) is 10.9. The molecule has 0 radical (unpaired) electrons. The molecule has 0 aliphatic carbocycles. The van der Waals surface area contributed by atoms with Crippen LogP contribution in [0.5, 0.6) is 0 Å². The molecule has 0 aliphatic rings. The van der Waals surface area contributed by atoms with Crippen molar-refractivity contribution >= 4 is 39.3 Å². The third-order valence-corrected chi connectivity index (χ3v) is 6.10.